The largest absolute Gasteiger partial charge is 0.303 e. The summed E-state index contributed by atoms with van der Waals surface area (Å²) in [6.45, 7) is 5.85. The van der Waals surface area contributed by atoms with Gasteiger partial charge in [-0.25, -0.2) is 0 Å². The Balaban J connectivity index is 2.25. The molecule has 1 rings (SSSR count). The minimum atomic E-state index is -0.0168. The molecule has 17 heavy (non-hydrogen) atoms. The third-order valence-corrected chi connectivity index (χ3v) is 4.08. The predicted octanol–water partition coefficient (Wildman–Crippen LogP) is 1.65. The monoisotopic (exact) mass is 353 g/mol. The van der Waals surface area contributed by atoms with Crippen LogP contribution in [0.4, 0.5) is 0 Å². The Labute approximate surface area is 119 Å². The van der Waals surface area contributed by atoms with Crippen LogP contribution in [0.1, 0.15) is 32.6 Å². The van der Waals surface area contributed by atoms with Crippen molar-refractivity contribution < 1.29 is 4.79 Å². The second-order valence-corrected chi connectivity index (χ2v) is 5.92. The van der Waals surface area contributed by atoms with E-state index in [-0.39, 0.29) is 11.9 Å². The second kappa shape index (κ2) is 8.26. The lowest BCUT2D eigenvalue weighted by atomic mass is 10.2. The first-order valence-electron chi connectivity index (χ1n) is 6.54. The van der Waals surface area contributed by atoms with Crippen molar-refractivity contribution in [2.75, 3.05) is 33.2 Å². The fourth-order valence-electron chi connectivity index (χ4n) is 2.02. The molecule has 1 atom stereocenters. The van der Waals surface area contributed by atoms with Gasteiger partial charge in [0.1, 0.15) is 6.04 Å². The summed E-state index contributed by atoms with van der Waals surface area (Å²) in [5.74, 6) is 0.230. The van der Waals surface area contributed by atoms with Crippen LogP contribution in [0.15, 0.2) is 0 Å². The van der Waals surface area contributed by atoms with Gasteiger partial charge in [-0.05, 0) is 13.5 Å². The summed E-state index contributed by atoms with van der Waals surface area (Å²) in [7, 11) is 2.07. The van der Waals surface area contributed by atoms with E-state index in [0.29, 0.717) is 0 Å². The van der Waals surface area contributed by atoms with Crippen molar-refractivity contribution in [1.29, 1.82) is 0 Å². The number of nitrogens with one attached hydrogen (secondary N) is 1. The van der Waals surface area contributed by atoms with Gasteiger partial charge in [0.05, 0.1) is 22.9 Å². The Morgan fingerprint density at radius 1 is 1.47 bits per heavy atom. The molecule has 0 aromatic rings. The molecule has 0 aromatic carbocycles. The second-order valence-electron chi connectivity index (χ2n) is 4.75. The Morgan fingerprint density at radius 2 is 2.24 bits per heavy atom. The molecule has 0 aromatic heterocycles. The summed E-state index contributed by atoms with van der Waals surface area (Å²) in [6, 6.07) is -0.0168. The molecule has 1 fully saturated rings. The molecule has 1 saturated heterocycles. The summed E-state index contributed by atoms with van der Waals surface area (Å²) in [4.78, 5) is 14.3. The number of carbonyl (C=O) groups is 1. The minimum Gasteiger partial charge on any atom is -0.303 e. The Morgan fingerprint density at radius 3 is 2.88 bits per heavy atom. The first-order valence-corrected chi connectivity index (χ1v) is 7.50. The number of halogens is 1. The molecular weight excluding hydrogens is 329 g/mol. The molecule has 1 aliphatic rings. The average Bonchev–Trinajstić information content (AvgIpc) is 2.33. The van der Waals surface area contributed by atoms with E-state index in [4.69, 9.17) is 0 Å². The van der Waals surface area contributed by atoms with Gasteiger partial charge in [-0.1, -0.05) is 26.2 Å². The summed E-state index contributed by atoms with van der Waals surface area (Å²) in [5, 5.41) is 3.29. The van der Waals surface area contributed by atoms with Crippen molar-refractivity contribution >= 4 is 28.8 Å². The van der Waals surface area contributed by atoms with Crippen LogP contribution < -0.4 is 5.32 Å². The molecule has 0 saturated carbocycles. The maximum absolute atomic E-state index is 12.1. The molecule has 1 heterocycles. The maximum atomic E-state index is 12.1. The fraction of sp³-hybridized carbons (Fsp3) is 0.917. The molecule has 4 nitrogen and oxygen atoms in total. The molecular formula is C12H24IN3O. The van der Waals surface area contributed by atoms with Gasteiger partial charge >= 0.3 is 0 Å². The normalized spacial score (nSPS) is 21.5. The van der Waals surface area contributed by atoms with Crippen LogP contribution in [0.2, 0.25) is 0 Å². The molecule has 1 unspecified atom stereocenters. The minimum absolute atomic E-state index is 0.0168. The van der Waals surface area contributed by atoms with Crippen LogP contribution in [-0.4, -0.2) is 53.2 Å². The van der Waals surface area contributed by atoms with Crippen molar-refractivity contribution in [2.45, 2.75) is 38.6 Å². The van der Waals surface area contributed by atoms with Gasteiger partial charge in [0.2, 0.25) is 5.91 Å². The zero-order valence-corrected chi connectivity index (χ0v) is 13.1. The van der Waals surface area contributed by atoms with Crippen molar-refractivity contribution in [1.82, 2.24) is 13.3 Å². The number of rotatable bonds is 6. The average molecular weight is 353 g/mol. The van der Waals surface area contributed by atoms with E-state index >= 15 is 0 Å². The predicted molar refractivity (Wildman–Crippen MR) is 79.2 cm³/mol. The summed E-state index contributed by atoms with van der Waals surface area (Å²) >= 11 is 2.15. The Bertz CT molecular complexity index is 238. The van der Waals surface area contributed by atoms with Crippen LogP contribution in [-0.2, 0) is 4.79 Å². The fourth-order valence-corrected chi connectivity index (χ4v) is 2.70. The topological polar surface area (TPSA) is 35.6 Å². The van der Waals surface area contributed by atoms with Crippen LogP contribution in [0.5, 0.6) is 0 Å². The smallest absolute Gasteiger partial charge is 0.249 e. The molecule has 1 amide bonds. The van der Waals surface area contributed by atoms with Gasteiger partial charge in [0.15, 0.2) is 0 Å². The van der Waals surface area contributed by atoms with Crippen LogP contribution in [0.3, 0.4) is 0 Å². The third-order valence-electron chi connectivity index (χ3n) is 3.12. The van der Waals surface area contributed by atoms with Crippen LogP contribution in [0.25, 0.3) is 0 Å². The van der Waals surface area contributed by atoms with E-state index in [1.165, 1.54) is 19.3 Å². The van der Waals surface area contributed by atoms with E-state index < -0.39 is 0 Å². The highest BCUT2D eigenvalue weighted by Gasteiger charge is 2.26. The number of likely N-dealkylation sites (N-methyl/N-ethyl adjacent to an activating group) is 1. The zero-order valence-electron chi connectivity index (χ0n) is 10.9. The number of nitrogens with zero attached hydrogens (tertiary/aromatic N) is 2. The number of piperazine rings is 1. The SMILES string of the molecule is CCCCCCN(I)C(=O)C1CN(C)CCN1. The molecule has 0 bridgehead atoms. The molecule has 1 N–H and O–H groups in total. The van der Waals surface area contributed by atoms with Crippen molar-refractivity contribution in [2.24, 2.45) is 0 Å². The third kappa shape index (κ3) is 5.52. The van der Waals surface area contributed by atoms with Gasteiger partial charge in [0, 0.05) is 26.2 Å². The highest BCUT2D eigenvalue weighted by Crippen LogP contribution is 2.09. The zero-order chi connectivity index (χ0) is 12.7. The van der Waals surface area contributed by atoms with Crippen LogP contribution in [0, 0.1) is 0 Å². The molecule has 1 aliphatic heterocycles. The summed E-state index contributed by atoms with van der Waals surface area (Å²) in [6.07, 6.45) is 4.85. The number of hydrogen-bond donors (Lipinski definition) is 1. The van der Waals surface area contributed by atoms with E-state index in [1.54, 1.807) is 0 Å². The number of carbonyl (C=O) groups excluding carboxylic acids is 1. The van der Waals surface area contributed by atoms with Gasteiger partial charge in [0.25, 0.3) is 0 Å². The van der Waals surface area contributed by atoms with Gasteiger partial charge < -0.3 is 10.2 Å². The van der Waals surface area contributed by atoms with Crippen molar-refractivity contribution in [3.63, 3.8) is 0 Å². The standard InChI is InChI=1S/C12H24IN3O/c1-3-4-5-6-8-16(13)12(17)11-10-15(2)9-7-14-11/h11,14H,3-10H2,1-2H3. The maximum Gasteiger partial charge on any atom is 0.249 e. The quantitative estimate of drug-likeness (QED) is 0.448. The van der Waals surface area contributed by atoms with Gasteiger partial charge in [-0.3, -0.25) is 7.91 Å². The van der Waals surface area contributed by atoms with Crippen molar-refractivity contribution in [3.05, 3.63) is 0 Å². The number of hydrogen-bond acceptors (Lipinski definition) is 3. The van der Waals surface area contributed by atoms with Crippen molar-refractivity contribution in [3.8, 4) is 0 Å². The van der Waals surface area contributed by atoms with Crippen LogP contribution >= 0.6 is 22.9 Å². The molecule has 5 heteroatoms. The lowest BCUT2D eigenvalue weighted by molar-refractivity contribution is -0.128. The lowest BCUT2D eigenvalue weighted by Crippen LogP contribution is -2.55. The lowest BCUT2D eigenvalue weighted by Gasteiger charge is -2.31. The van der Waals surface area contributed by atoms with E-state index in [9.17, 15) is 4.79 Å². The van der Waals surface area contributed by atoms with E-state index in [1.807, 2.05) is 3.11 Å². The van der Waals surface area contributed by atoms with Gasteiger partial charge in [-0.15, -0.1) is 0 Å². The number of unbranched alkanes of at least 4 members (excludes halogenated alkanes) is 3. The highest BCUT2D eigenvalue weighted by atomic mass is 127. The molecule has 0 aliphatic carbocycles. The number of amides is 1. The van der Waals surface area contributed by atoms with E-state index in [2.05, 4.69) is 47.1 Å². The molecule has 0 radical (unpaired) electrons. The summed E-state index contributed by atoms with van der Waals surface area (Å²) in [5.41, 5.74) is 0. The Hall–Kier alpha value is 0.120. The molecule has 0 spiro atoms. The van der Waals surface area contributed by atoms with E-state index in [0.717, 1.165) is 32.6 Å². The first-order chi connectivity index (χ1) is 8.15. The van der Waals surface area contributed by atoms with Gasteiger partial charge in [-0.2, -0.15) is 0 Å². The molecule has 100 valence electrons. The first kappa shape index (κ1) is 15.2. The highest BCUT2D eigenvalue weighted by molar-refractivity contribution is 14.1. The Kier molecular flexibility index (Phi) is 7.38. The summed E-state index contributed by atoms with van der Waals surface area (Å²) < 4.78 is 1.85.